The van der Waals surface area contributed by atoms with Gasteiger partial charge in [-0.15, -0.1) is 11.8 Å². The molecule has 1 unspecified atom stereocenters. The van der Waals surface area contributed by atoms with Crippen molar-refractivity contribution in [1.29, 1.82) is 0 Å². The van der Waals surface area contributed by atoms with Gasteiger partial charge in [-0.2, -0.15) is 0 Å². The summed E-state index contributed by atoms with van der Waals surface area (Å²) in [5.41, 5.74) is 0. The Morgan fingerprint density at radius 3 is 2.67 bits per heavy atom. The summed E-state index contributed by atoms with van der Waals surface area (Å²) in [6.45, 7) is 2.60. The van der Waals surface area contributed by atoms with Crippen molar-refractivity contribution in [3.05, 3.63) is 30.3 Å². The van der Waals surface area contributed by atoms with E-state index in [1.807, 2.05) is 37.3 Å². The van der Waals surface area contributed by atoms with E-state index >= 15 is 0 Å². The van der Waals surface area contributed by atoms with Gasteiger partial charge in [-0.1, -0.05) is 25.1 Å². The zero-order valence-corrected chi connectivity index (χ0v) is 11.5. The van der Waals surface area contributed by atoms with Crippen LogP contribution in [0.4, 0.5) is 0 Å². The molecule has 0 spiro atoms. The fourth-order valence-electron chi connectivity index (χ4n) is 1.50. The molecule has 4 heteroatoms. The Morgan fingerprint density at radius 1 is 1.33 bits per heavy atom. The Morgan fingerprint density at radius 2 is 2.06 bits per heavy atom. The van der Waals surface area contributed by atoms with E-state index in [9.17, 15) is 4.79 Å². The van der Waals surface area contributed by atoms with Gasteiger partial charge in [0.1, 0.15) is 11.0 Å². The molecule has 1 aromatic carbocycles. The van der Waals surface area contributed by atoms with Crippen LogP contribution in [0.3, 0.4) is 0 Å². The molecular weight excluding hydrogens is 248 g/mol. The SMILES string of the molecule is CCC(SCCCCOc1ccccc1)C(=O)O. The first-order valence-corrected chi connectivity index (χ1v) is 7.31. The maximum absolute atomic E-state index is 10.8. The molecule has 0 amide bonds. The zero-order valence-electron chi connectivity index (χ0n) is 10.7. The topological polar surface area (TPSA) is 46.5 Å². The first kappa shape index (κ1) is 14.9. The largest absolute Gasteiger partial charge is 0.494 e. The summed E-state index contributed by atoms with van der Waals surface area (Å²) in [5, 5.41) is 8.62. The Labute approximate surface area is 113 Å². The molecule has 0 saturated carbocycles. The van der Waals surface area contributed by atoms with E-state index in [0.717, 1.165) is 24.3 Å². The predicted molar refractivity (Wildman–Crippen MR) is 75.3 cm³/mol. The molecule has 1 atom stereocenters. The van der Waals surface area contributed by atoms with Crippen LogP contribution in [-0.4, -0.2) is 28.7 Å². The summed E-state index contributed by atoms with van der Waals surface area (Å²) in [7, 11) is 0. The highest BCUT2D eigenvalue weighted by atomic mass is 32.2. The van der Waals surface area contributed by atoms with E-state index in [2.05, 4.69) is 0 Å². The molecule has 1 N–H and O–H groups in total. The second-order valence-corrected chi connectivity index (χ2v) is 5.29. The molecule has 0 saturated heterocycles. The number of benzene rings is 1. The van der Waals surface area contributed by atoms with Crippen molar-refractivity contribution >= 4 is 17.7 Å². The summed E-state index contributed by atoms with van der Waals surface area (Å²) >= 11 is 1.52. The van der Waals surface area contributed by atoms with E-state index in [1.54, 1.807) is 0 Å². The van der Waals surface area contributed by atoms with Crippen molar-refractivity contribution in [2.24, 2.45) is 0 Å². The van der Waals surface area contributed by atoms with Gasteiger partial charge in [0, 0.05) is 0 Å². The first-order valence-electron chi connectivity index (χ1n) is 6.26. The quantitative estimate of drug-likeness (QED) is 0.697. The van der Waals surface area contributed by atoms with Crippen LogP contribution in [0.2, 0.25) is 0 Å². The number of carboxylic acids is 1. The van der Waals surface area contributed by atoms with Gasteiger partial charge in [0.05, 0.1) is 6.61 Å². The van der Waals surface area contributed by atoms with Gasteiger partial charge < -0.3 is 9.84 Å². The highest BCUT2D eigenvalue weighted by molar-refractivity contribution is 8.00. The van der Waals surface area contributed by atoms with Crippen molar-refractivity contribution in [2.45, 2.75) is 31.4 Å². The molecule has 0 heterocycles. The summed E-state index contributed by atoms with van der Waals surface area (Å²) in [5.74, 6) is 1.06. The third-order valence-corrected chi connectivity index (χ3v) is 3.98. The number of aliphatic carboxylic acids is 1. The molecule has 0 aromatic heterocycles. The lowest BCUT2D eigenvalue weighted by molar-refractivity contribution is -0.136. The third-order valence-electron chi connectivity index (χ3n) is 2.52. The van der Waals surface area contributed by atoms with Crippen LogP contribution in [0.5, 0.6) is 5.75 Å². The third kappa shape index (κ3) is 5.96. The number of carbonyl (C=O) groups is 1. The normalized spacial score (nSPS) is 12.1. The molecule has 0 fully saturated rings. The number of rotatable bonds is 9. The molecular formula is C14H20O3S. The first-order chi connectivity index (χ1) is 8.74. The van der Waals surface area contributed by atoms with Gasteiger partial charge >= 0.3 is 5.97 Å². The predicted octanol–water partition coefficient (Wildman–Crippen LogP) is 3.44. The number of unbranched alkanes of at least 4 members (excludes halogenated alkanes) is 1. The van der Waals surface area contributed by atoms with Crippen LogP contribution in [0.1, 0.15) is 26.2 Å². The van der Waals surface area contributed by atoms with Crippen molar-refractivity contribution in [3.8, 4) is 5.75 Å². The second-order valence-electron chi connectivity index (χ2n) is 3.97. The summed E-state index contributed by atoms with van der Waals surface area (Å²) < 4.78 is 5.56. The van der Waals surface area contributed by atoms with Gasteiger partial charge in [-0.25, -0.2) is 0 Å². The van der Waals surface area contributed by atoms with Crippen molar-refractivity contribution in [3.63, 3.8) is 0 Å². The Balaban J connectivity index is 2.04. The fourth-order valence-corrected chi connectivity index (χ4v) is 2.53. The number of ether oxygens (including phenoxy) is 1. The Bertz CT molecular complexity index is 340. The van der Waals surface area contributed by atoms with Gasteiger partial charge in [0.2, 0.25) is 0 Å². The minimum atomic E-state index is -0.706. The lowest BCUT2D eigenvalue weighted by Crippen LogP contribution is -2.15. The van der Waals surface area contributed by atoms with Gasteiger partial charge in [-0.05, 0) is 37.1 Å². The number of thioether (sulfide) groups is 1. The standard InChI is InChI=1S/C14H20O3S/c1-2-13(14(15)16)18-11-7-6-10-17-12-8-4-3-5-9-12/h3-5,8-9,13H,2,6-7,10-11H2,1H3,(H,15,16). The molecule has 18 heavy (non-hydrogen) atoms. The van der Waals surface area contributed by atoms with E-state index in [0.29, 0.717) is 13.0 Å². The van der Waals surface area contributed by atoms with E-state index in [-0.39, 0.29) is 5.25 Å². The Kier molecular flexibility index (Phi) is 7.34. The summed E-state index contributed by atoms with van der Waals surface area (Å²) in [4.78, 5) is 10.8. The number of carboxylic acid groups (broad SMARTS) is 1. The fraction of sp³-hybridized carbons (Fsp3) is 0.500. The average Bonchev–Trinajstić information content (AvgIpc) is 2.38. The molecule has 0 aliphatic rings. The van der Waals surface area contributed by atoms with E-state index < -0.39 is 5.97 Å². The van der Waals surface area contributed by atoms with Gasteiger partial charge in [0.25, 0.3) is 0 Å². The lowest BCUT2D eigenvalue weighted by atomic mass is 10.3. The molecule has 0 aliphatic carbocycles. The minimum absolute atomic E-state index is 0.264. The highest BCUT2D eigenvalue weighted by Gasteiger charge is 2.14. The van der Waals surface area contributed by atoms with Crippen molar-refractivity contribution in [1.82, 2.24) is 0 Å². The van der Waals surface area contributed by atoms with Crippen LogP contribution in [0, 0.1) is 0 Å². The molecule has 1 rings (SSSR count). The number of para-hydroxylation sites is 1. The zero-order chi connectivity index (χ0) is 13.2. The number of hydrogen-bond donors (Lipinski definition) is 1. The molecule has 100 valence electrons. The monoisotopic (exact) mass is 268 g/mol. The molecule has 1 aromatic rings. The smallest absolute Gasteiger partial charge is 0.316 e. The molecule has 0 aliphatic heterocycles. The minimum Gasteiger partial charge on any atom is -0.494 e. The van der Waals surface area contributed by atoms with Crippen LogP contribution in [0.15, 0.2) is 30.3 Å². The van der Waals surface area contributed by atoms with Crippen LogP contribution in [0.25, 0.3) is 0 Å². The average molecular weight is 268 g/mol. The van der Waals surface area contributed by atoms with Crippen LogP contribution in [-0.2, 0) is 4.79 Å². The number of hydrogen-bond acceptors (Lipinski definition) is 3. The second kappa shape index (κ2) is 8.86. The highest BCUT2D eigenvalue weighted by Crippen LogP contribution is 2.16. The molecule has 3 nitrogen and oxygen atoms in total. The maximum atomic E-state index is 10.8. The lowest BCUT2D eigenvalue weighted by Gasteiger charge is -2.09. The van der Waals surface area contributed by atoms with E-state index in [1.165, 1.54) is 11.8 Å². The van der Waals surface area contributed by atoms with Gasteiger partial charge in [-0.3, -0.25) is 4.79 Å². The Hall–Kier alpha value is -1.16. The van der Waals surface area contributed by atoms with Crippen molar-refractivity contribution < 1.29 is 14.6 Å². The van der Waals surface area contributed by atoms with Crippen molar-refractivity contribution in [2.75, 3.05) is 12.4 Å². The van der Waals surface area contributed by atoms with Crippen LogP contribution < -0.4 is 4.74 Å². The maximum Gasteiger partial charge on any atom is 0.316 e. The molecule has 0 bridgehead atoms. The van der Waals surface area contributed by atoms with Gasteiger partial charge in [0.15, 0.2) is 0 Å². The molecule has 0 radical (unpaired) electrons. The summed E-state index contributed by atoms with van der Waals surface area (Å²) in [6.07, 6.45) is 2.62. The summed E-state index contributed by atoms with van der Waals surface area (Å²) in [6, 6.07) is 9.73. The van der Waals surface area contributed by atoms with Crippen LogP contribution >= 0.6 is 11.8 Å². The van der Waals surface area contributed by atoms with E-state index in [4.69, 9.17) is 9.84 Å².